The van der Waals surface area contributed by atoms with E-state index in [1.165, 1.54) is 0 Å². The van der Waals surface area contributed by atoms with E-state index in [-0.39, 0.29) is 5.92 Å². The van der Waals surface area contributed by atoms with E-state index in [1.54, 1.807) is 24.3 Å². The Kier molecular flexibility index (Phi) is 6.40. The molecule has 126 valence electrons. The van der Waals surface area contributed by atoms with E-state index < -0.39 is 17.9 Å². The number of nitrogens with one attached hydrogen (secondary N) is 1. The molecule has 0 aliphatic carbocycles. The summed E-state index contributed by atoms with van der Waals surface area (Å²) in [7, 11) is 0. The molecule has 0 spiro atoms. The number of amides is 1. The van der Waals surface area contributed by atoms with Crippen LogP contribution >= 0.6 is 0 Å². The van der Waals surface area contributed by atoms with E-state index in [9.17, 15) is 14.7 Å². The van der Waals surface area contributed by atoms with Crippen LogP contribution in [0.4, 0.5) is 0 Å². The van der Waals surface area contributed by atoms with Crippen molar-refractivity contribution in [3.05, 3.63) is 29.8 Å². The molecule has 6 nitrogen and oxygen atoms in total. The summed E-state index contributed by atoms with van der Waals surface area (Å²) in [6, 6.07) is 5.82. The van der Waals surface area contributed by atoms with Crippen molar-refractivity contribution in [2.75, 3.05) is 19.8 Å². The number of aliphatic carboxylic acids is 1. The molecule has 1 aliphatic heterocycles. The van der Waals surface area contributed by atoms with Gasteiger partial charge in [-0.15, -0.1) is 0 Å². The zero-order chi connectivity index (χ0) is 16.7. The van der Waals surface area contributed by atoms with Crippen molar-refractivity contribution >= 4 is 11.9 Å². The van der Waals surface area contributed by atoms with Crippen molar-refractivity contribution in [3.8, 4) is 5.75 Å². The van der Waals surface area contributed by atoms with Crippen LogP contribution in [0.3, 0.4) is 0 Å². The van der Waals surface area contributed by atoms with Gasteiger partial charge in [0.05, 0.1) is 13.2 Å². The van der Waals surface area contributed by atoms with Crippen molar-refractivity contribution < 1.29 is 24.2 Å². The molecule has 1 amide bonds. The minimum Gasteiger partial charge on any atom is -0.494 e. The number of ether oxygens (including phenoxy) is 2. The van der Waals surface area contributed by atoms with Gasteiger partial charge < -0.3 is 19.9 Å². The highest BCUT2D eigenvalue weighted by Gasteiger charge is 2.31. The van der Waals surface area contributed by atoms with Gasteiger partial charge in [-0.1, -0.05) is 13.0 Å². The average Bonchev–Trinajstić information content (AvgIpc) is 2.58. The Balaban J connectivity index is 2.04. The molecule has 1 heterocycles. The fourth-order valence-electron chi connectivity index (χ4n) is 2.58. The summed E-state index contributed by atoms with van der Waals surface area (Å²) in [5.41, 5.74) is 0.390. The second-order valence-electron chi connectivity index (χ2n) is 5.64. The van der Waals surface area contributed by atoms with Crippen LogP contribution in [0.2, 0.25) is 0 Å². The average molecular weight is 321 g/mol. The SMILES string of the molecule is CCCOc1cccc(C(=O)NC(C(=O)O)C2CCCOC2)c1. The van der Waals surface area contributed by atoms with Crippen LogP contribution in [0, 0.1) is 5.92 Å². The maximum Gasteiger partial charge on any atom is 0.326 e. The van der Waals surface area contributed by atoms with Crippen LogP contribution in [0.15, 0.2) is 24.3 Å². The number of carbonyl (C=O) groups excluding carboxylic acids is 1. The van der Waals surface area contributed by atoms with Crippen LogP contribution in [0.25, 0.3) is 0 Å². The highest BCUT2D eigenvalue weighted by atomic mass is 16.5. The molecule has 0 bridgehead atoms. The molecule has 2 unspecified atom stereocenters. The van der Waals surface area contributed by atoms with Gasteiger partial charge in [0.2, 0.25) is 0 Å². The number of carboxylic acid groups (broad SMARTS) is 1. The third kappa shape index (κ3) is 4.96. The smallest absolute Gasteiger partial charge is 0.326 e. The van der Waals surface area contributed by atoms with E-state index in [0.717, 1.165) is 19.3 Å². The molecule has 0 aromatic heterocycles. The number of carboxylic acids is 1. The lowest BCUT2D eigenvalue weighted by Gasteiger charge is -2.28. The Morgan fingerprint density at radius 2 is 2.30 bits per heavy atom. The van der Waals surface area contributed by atoms with Gasteiger partial charge in [0, 0.05) is 18.1 Å². The first-order valence-corrected chi connectivity index (χ1v) is 7.96. The summed E-state index contributed by atoms with van der Waals surface area (Å²) >= 11 is 0. The van der Waals surface area contributed by atoms with Gasteiger partial charge in [0.15, 0.2) is 0 Å². The first-order valence-electron chi connectivity index (χ1n) is 7.96. The zero-order valence-electron chi connectivity index (χ0n) is 13.3. The maximum atomic E-state index is 12.4. The van der Waals surface area contributed by atoms with Crippen LogP contribution in [0.5, 0.6) is 5.75 Å². The molecule has 6 heteroatoms. The molecule has 1 aliphatic rings. The minimum absolute atomic E-state index is 0.204. The van der Waals surface area contributed by atoms with E-state index in [0.29, 0.717) is 31.1 Å². The number of benzene rings is 1. The summed E-state index contributed by atoms with van der Waals surface area (Å²) in [5.74, 6) is -1.05. The van der Waals surface area contributed by atoms with Crippen molar-refractivity contribution in [3.63, 3.8) is 0 Å². The topological polar surface area (TPSA) is 84.9 Å². The fourth-order valence-corrected chi connectivity index (χ4v) is 2.58. The highest BCUT2D eigenvalue weighted by molar-refractivity contribution is 5.97. The van der Waals surface area contributed by atoms with Crippen molar-refractivity contribution in [1.82, 2.24) is 5.32 Å². The lowest BCUT2D eigenvalue weighted by atomic mass is 9.93. The van der Waals surface area contributed by atoms with Gasteiger partial charge in [0.25, 0.3) is 5.91 Å². The molecular weight excluding hydrogens is 298 g/mol. The lowest BCUT2D eigenvalue weighted by Crippen LogP contribution is -2.48. The molecular formula is C17H23NO5. The minimum atomic E-state index is -1.03. The van der Waals surface area contributed by atoms with Gasteiger partial charge in [-0.3, -0.25) is 4.79 Å². The summed E-state index contributed by atoms with van der Waals surface area (Å²) in [6.45, 7) is 3.58. The maximum absolute atomic E-state index is 12.4. The molecule has 1 aromatic rings. The molecule has 23 heavy (non-hydrogen) atoms. The van der Waals surface area contributed by atoms with E-state index >= 15 is 0 Å². The lowest BCUT2D eigenvalue weighted by molar-refractivity contribution is -0.142. The second kappa shape index (κ2) is 8.53. The predicted molar refractivity (Wildman–Crippen MR) is 84.7 cm³/mol. The van der Waals surface area contributed by atoms with Crippen LogP contribution < -0.4 is 10.1 Å². The Morgan fingerprint density at radius 3 is 2.96 bits per heavy atom. The number of rotatable bonds is 7. The largest absolute Gasteiger partial charge is 0.494 e. The van der Waals surface area contributed by atoms with Gasteiger partial charge >= 0.3 is 5.97 Å². The number of carbonyl (C=O) groups is 2. The summed E-state index contributed by atoms with van der Waals surface area (Å²) < 4.78 is 10.8. The molecule has 0 saturated carbocycles. The quantitative estimate of drug-likeness (QED) is 0.803. The standard InChI is InChI=1S/C17H23NO5/c1-2-8-23-14-7-3-5-12(10-14)16(19)18-15(17(20)21)13-6-4-9-22-11-13/h3,5,7,10,13,15H,2,4,6,8-9,11H2,1H3,(H,18,19)(H,20,21). The summed E-state index contributed by atoms with van der Waals surface area (Å²) in [6.07, 6.45) is 2.42. The van der Waals surface area contributed by atoms with Gasteiger partial charge in [-0.2, -0.15) is 0 Å². The van der Waals surface area contributed by atoms with E-state index in [1.807, 2.05) is 6.92 Å². The Morgan fingerprint density at radius 1 is 1.48 bits per heavy atom. The monoisotopic (exact) mass is 321 g/mol. The first-order chi connectivity index (χ1) is 11.1. The Hall–Kier alpha value is -2.08. The molecule has 2 N–H and O–H groups in total. The van der Waals surface area contributed by atoms with E-state index in [4.69, 9.17) is 9.47 Å². The molecule has 1 aromatic carbocycles. The van der Waals surface area contributed by atoms with Crippen LogP contribution in [-0.2, 0) is 9.53 Å². The van der Waals surface area contributed by atoms with Crippen LogP contribution in [-0.4, -0.2) is 42.8 Å². The summed E-state index contributed by atoms with van der Waals surface area (Å²) in [5, 5.41) is 12.0. The molecule has 2 rings (SSSR count). The normalized spacial score (nSPS) is 18.9. The van der Waals surface area contributed by atoms with E-state index in [2.05, 4.69) is 5.32 Å². The van der Waals surface area contributed by atoms with Crippen molar-refractivity contribution in [1.29, 1.82) is 0 Å². The van der Waals surface area contributed by atoms with Gasteiger partial charge in [-0.05, 0) is 37.5 Å². The third-order valence-corrected chi connectivity index (χ3v) is 3.79. The zero-order valence-corrected chi connectivity index (χ0v) is 13.3. The number of hydrogen-bond acceptors (Lipinski definition) is 4. The van der Waals surface area contributed by atoms with Gasteiger partial charge in [0.1, 0.15) is 11.8 Å². The fraction of sp³-hybridized carbons (Fsp3) is 0.529. The second-order valence-corrected chi connectivity index (χ2v) is 5.64. The highest BCUT2D eigenvalue weighted by Crippen LogP contribution is 2.19. The molecule has 2 atom stereocenters. The first kappa shape index (κ1) is 17.3. The molecule has 1 saturated heterocycles. The molecule has 1 fully saturated rings. The van der Waals surface area contributed by atoms with Crippen LogP contribution in [0.1, 0.15) is 36.5 Å². The Bertz CT molecular complexity index is 540. The summed E-state index contributed by atoms with van der Waals surface area (Å²) in [4.78, 5) is 23.8. The third-order valence-electron chi connectivity index (χ3n) is 3.79. The number of hydrogen-bond donors (Lipinski definition) is 2. The van der Waals surface area contributed by atoms with Gasteiger partial charge in [-0.25, -0.2) is 4.79 Å². The predicted octanol–water partition coefficient (Wildman–Crippen LogP) is 2.08. The Labute approximate surface area is 135 Å². The molecule has 0 radical (unpaired) electrons. The van der Waals surface area contributed by atoms with Crippen molar-refractivity contribution in [2.45, 2.75) is 32.2 Å². The van der Waals surface area contributed by atoms with Crippen molar-refractivity contribution in [2.24, 2.45) is 5.92 Å².